The molecule has 26 heavy (non-hydrogen) atoms. The van der Waals surface area contributed by atoms with Crippen molar-refractivity contribution in [2.24, 2.45) is 5.92 Å². The number of amides is 1. The molecule has 0 aromatic carbocycles. The van der Waals surface area contributed by atoms with Crippen LogP contribution in [0.2, 0.25) is 0 Å². The minimum absolute atomic E-state index is 0.0176. The minimum Gasteiger partial charge on any atom is -0.352 e. The lowest BCUT2D eigenvalue weighted by atomic mass is 9.89. The second-order valence-electron chi connectivity index (χ2n) is 6.51. The first-order valence-electron chi connectivity index (χ1n) is 8.71. The summed E-state index contributed by atoms with van der Waals surface area (Å²) in [5.41, 5.74) is 1.16. The van der Waals surface area contributed by atoms with Gasteiger partial charge in [0.1, 0.15) is 4.83 Å². The van der Waals surface area contributed by atoms with Crippen molar-refractivity contribution >= 4 is 39.2 Å². The largest absolute Gasteiger partial charge is 0.352 e. The van der Waals surface area contributed by atoms with Crippen LogP contribution in [0, 0.1) is 5.92 Å². The third-order valence-corrected chi connectivity index (χ3v) is 6.59. The van der Waals surface area contributed by atoms with E-state index in [0.29, 0.717) is 24.2 Å². The smallest absolute Gasteiger partial charge is 0.263 e. The summed E-state index contributed by atoms with van der Waals surface area (Å²) in [4.78, 5) is 31.8. The first-order valence-corrected chi connectivity index (χ1v) is 10.5. The lowest BCUT2D eigenvalue weighted by molar-refractivity contribution is -0.118. The number of thiophene rings is 1. The van der Waals surface area contributed by atoms with Gasteiger partial charge in [0.25, 0.3) is 5.56 Å². The number of allylic oxidation sites excluding steroid dienone is 1. The molecule has 1 N–H and O–H groups in total. The van der Waals surface area contributed by atoms with Crippen LogP contribution in [0.4, 0.5) is 0 Å². The number of hydrogen-bond donors (Lipinski definition) is 1. The maximum absolute atomic E-state index is 13.1. The normalized spacial score (nSPS) is 16.3. The molecular formula is C19H23N3O2S2. The molecule has 2 aromatic rings. The van der Waals surface area contributed by atoms with Crippen molar-refractivity contribution in [3.63, 3.8) is 0 Å². The number of hydrogen-bond acceptors (Lipinski definition) is 5. The monoisotopic (exact) mass is 389 g/mol. The number of nitrogens with zero attached hydrogens (tertiary/aromatic N) is 2. The van der Waals surface area contributed by atoms with Gasteiger partial charge in [0.05, 0.1) is 11.1 Å². The van der Waals surface area contributed by atoms with Crippen LogP contribution in [0.5, 0.6) is 0 Å². The Labute approximate surface area is 161 Å². The maximum Gasteiger partial charge on any atom is 0.263 e. The molecule has 7 heteroatoms. The first kappa shape index (κ1) is 18.9. The van der Waals surface area contributed by atoms with Gasteiger partial charge in [-0.05, 0) is 30.7 Å². The number of thioether (sulfide) groups is 1. The number of aryl methyl sites for hydroxylation is 1. The molecule has 138 valence electrons. The molecule has 0 saturated carbocycles. The van der Waals surface area contributed by atoms with E-state index in [1.165, 1.54) is 22.2 Å². The fourth-order valence-electron chi connectivity index (χ4n) is 3.17. The lowest BCUT2D eigenvalue weighted by Gasteiger charge is -2.17. The van der Waals surface area contributed by atoms with E-state index < -0.39 is 0 Å². The van der Waals surface area contributed by atoms with Crippen LogP contribution >= 0.6 is 23.1 Å². The fraction of sp³-hybridized carbons (Fsp3) is 0.421. The topological polar surface area (TPSA) is 64.0 Å². The Morgan fingerprint density at radius 2 is 2.27 bits per heavy atom. The molecule has 3 rings (SSSR count). The Hall–Kier alpha value is -1.86. The highest BCUT2D eigenvalue weighted by Gasteiger charge is 2.24. The van der Waals surface area contributed by atoms with Gasteiger partial charge in [0.15, 0.2) is 5.16 Å². The number of nitrogens with one attached hydrogen (secondary N) is 1. The van der Waals surface area contributed by atoms with Crippen molar-refractivity contribution in [1.82, 2.24) is 14.9 Å². The van der Waals surface area contributed by atoms with E-state index >= 15 is 0 Å². The summed E-state index contributed by atoms with van der Waals surface area (Å²) in [5, 5.41) is 4.08. The summed E-state index contributed by atoms with van der Waals surface area (Å²) >= 11 is 2.91. The van der Waals surface area contributed by atoms with Crippen LogP contribution in [-0.2, 0) is 24.2 Å². The second-order valence-corrected chi connectivity index (χ2v) is 8.54. The van der Waals surface area contributed by atoms with Gasteiger partial charge in [-0.25, -0.2) is 4.98 Å². The quantitative estimate of drug-likeness (QED) is 0.449. The molecule has 0 bridgehead atoms. The van der Waals surface area contributed by atoms with Gasteiger partial charge in [0, 0.05) is 18.0 Å². The third-order valence-electron chi connectivity index (χ3n) is 4.47. The zero-order valence-corrected chi connectivity index (χ0v) is 16.5. The van der Waals surface area contributed by atoms with Crippen LogP contribution in [-0.4, -0.2) is 27.8 Å². The molecule has 5 nitrogen and oxygen atoms in total. The Morgan fingerprint density at radius 3 is 3.00 bits per heavy atom. The molecule has 1 aliphatic rings. The van der Waals surface area contributed by atoms with Crippen molar-refractivity contribution in [1.29, 1.82) is 0 Å². The summed E-state index contributed by atoms with van der Waals surface area (Å²) in [6.45, 7) is 10.4. The fourth-order valence-corrected chi connectivity index (χ4v) is 5.43. The van der Waals surface area contributed by atoms with Crippen LogP contribution in [0.25, 0.3) is 10.2 Å². The van der Waals surface area contributed by atoms with Crippen LogP contribution in [0.1, 0.15) is 23.8 Å². The van der Waals surface area contributed by atoms with E-state index in [9.17, 15) is 9.59 Å². The number of carbonyl (C=O) groups is 1. The van der Waals surface area contributed by atoms with Crippen LogP contribution < -0.4 is 10.9 Å². The maximum atomic E-state index is 13.1. The van der Waals surface area contributed by atoms with E-state index in [-0.39, 0.29) is 17.2 Å². The molecule has 0 saturated heterocycles. The molecular weight excluding hydrogens is 366 g/mol. The number of aromatic nitrogens is 2. The Balaban J connectivity index is 1.98. The van der Waals surface area contributed by atoms with Crippen molar-refractivity contribution in [3.8, 4) is 0 Å². The van der Waals surface area contributed by atoms with Crippen molar-refractivity contribution < 1.29 is 4.79 Å². The highest BCUT2D eigenvalue weighted by molar-refractivity contribution is 7.99. The van der Waals surface area contributed by atoms with E-state index in [1.807, 2.05) is 0 Å². The molecule has 1 aliphatic carbocycles. The summed E-state index contributed by atoms with van der Waals surface area (Å²) in [6, 6.07) is 0. The zero-order chi connectivity index (χ0) is 18.7. The van der Waals surface area contributed by atoms with E-state index in [0.717, 1.165) is 29.5 Å². The number of carbonyl (C=O) groups excluding carboxylic acids is 1. The summed E-state index contributed by atoms with van der Waals surface area (Å²) in [5.74, 6) is 0.757. The molecule has 2 aromatic heterocycles. The van der Waals surface area contributed by atoms with Gasteiger partial charge in [-0.2, -0.15) is 0 Å². The predicted octanol–water partition coefficient (Wildman–Crippen LogP) is 3.16. The Bertz CT molecular complexity index is 914. The molecule has 0 radical (unpaired) electrons. The molecule has 0 spiro atoms. The van der Waals surface area contributed by atoms with Gasteiger partial charge in [0.2, 0.25) is 5.91 Å². The van der Waals surface area contributed by atoms with Crippen LogP contribution in [0.15, 0.2) is 35.3 Å². The summed E-state index contributed by atoms with van der Waals surface area (Å²) < 4.78 is 1.63. The predicted molar refractivity (Wildman–Crippen MR) is 109 cm³/mol. The van der Waals surface area contributed by atoms with Gasteiger partial charge < -0.3 is 5.32 Å². The minimum atomic E-state index is -0.103. The molecule has 0 unspecified atom stereocenters. The summed E-state index contributed by atoms with van der Waals surface area (Å²) in [6.07, 6.45) is 6.40. The van der Waals surface area contributed by atoms with Crippen molar-refractivity contribution in [3.05, 3.63) is 46.1 Å². The van der Waals surface area contributed by atoms with E-state index in [2.05, 4.69) is 25.4 Å². The highest BCUT2D eigenvalue weighted by atomic mass is 32.2. The SMILES string of the molecule is C=CCNC(=O)CSc1nc2sc3c(c2c(=O)n1CC=C)CC[C@H](C)C3. The average Bonchev–Trinajstić information content (AvgIpc) is 2.98. The molecule has 1 amide bonds. The molecule has 0 fully saturated rings. The Morgan fingerprint density at radius 1 is 1.46 bits per heavy atom. The van der Waals surface area contributed by atoms with Crippen molar-refractivity contribution in [2.75, 3.05) is 12.3 Å². The standard InChI is InChI=1S/C19H23N3O2S2/c1-4-8-20-15(23)11-25-19-21-17-16(18(24)22(19)9-5-2)13-7-6-12(3)10-14(13)26-17/h4-5,12H,1-2,6-11H2,3H3,(H,20,23)/t12-/m0/s1. The second kappa shape index (κ2) is 8.22. The third kappa shape index (κ3) is 3.78. The van der Waals surface area contributed by atoms with Gasteiger partial charge in [-0.1, -0.05) is 30.8 Å². The average molecular weight is 390 g/mol. The molecule has 0 aliphatic heterocycles. The van der Waals surface area contributed by atoms with E-state index in [4.69, 9.17) is 4.98 Å². The lowest BCUT2D eigenvalue weighted by Crippen LogP contribution is -2.27. The first-order chi connectivity index (χ1) is 12.5. The van der Waals surface area contributed by atoms with Gasteiger partial charge >= 0.3 is 0 Å². The van der Waals surface area contributed by atoms with Gasteiger partial charge in [-0.3, -0.25) is 14.2 Å². The van der Waals surface area contributed by atoms with Gasteiger partial charge in [-0.15, -0.1) is 24.5 Å². The Kier molecular flexibility index (Phi) is 5.98. The molecule has 1 atom stereocenters. The zero-order valence-electron chi connectivity index (χ0n) is 14.9. The molecule has 2 heterocycles. The summed E-state index contributed by atoms with van der Waals surface area (Å²) in [7, 11) is 0. The highest BCUT2D eigenvalue weighted by Crippen LogP contribution is 2.36. The number of fused-ring (bicyclic) bond motifs is 3. The van der Waals surface area contributed by atoms with Crippen LogP contribution in [0.3, 0.4) is 0 Å². The van der Waals surface area contributed by atoms with Crippen molar-refractivity contribution in [2.45, 2.75) is 37.9 Å². The van der Waals surface area contributed by atoms with E-state index in [1.54, 1.807) is 28.1 Å². The number of rotatable bonds is 7.